The van der Waals surface area contributed by atoms with Gasteiger partial charge >= 0.3 is 5.97 Å². The normalized spacial score (nSPS) is 22.4. The van der Waals surface area contributed by atoms with Crippen LogP contribution in [0.3, 0.4) is 0 Å². The molecule has 0 radical (unpaired) electrons. The van der Waals surface area contributed by atoms with E-state index in [0.717, 1.165) is 5.56 Å². The van der Waals surface area contributed by atoms with Crippen LogP contribution >= 0.6 is 0 Å². The van der Waals surface area contributed by atoms with Gasteiger partial charge in [-0.3, -0.25) is 9.59 Å². The molecule has 0 fully saturated rings. The molecule has 4 nitrogen and oxygen atoms in total. The molecule has 1 aliphatic heterocycles. The van der Waals surface area contributed by atoms with Crippen LogP contribution in [0.4, 0.5) is 0 Å². The summed E-state index contributed by atoms with van der Waals surface area (Å²) < 4.78 is 5.26. The number of ether oxygens (including phenoxy) is 1. The Balaban J connectivity index is 2.00. The Kier molecular flexibility index (Phi) is 6.00. The highest BCUT2D eigenvalue weighted by molar-refractivity contribution is 5.76. The number of esters is 1. The van der Waals surface area contributed by atoms with Gasteiger partial charge in [0.2, 0.25) is 5.91 Å². The van der Waals surface area contributed by atoms with E-state index < -0.39 is 0 Å². The average molecular weight is 287 g/mol. The number of carbonyl (C=O) groups excluding carboxylic acids is 2. The van der Waals surface area contributed by atoms with Crippen LogP contribution in [0.2, 0.25) is 0 Å². The second-order valence-corrected chi connectivity index (χ2v) is 5.19. The van der Waals surface area contributed by atoms with Crippen molar-refractivity contribution in [3.63, 3.8) is 0 Å². The van der Waals surface area contributed by atoms with E-state index in [0.29, 0.717) is 32.1 Å². The molecule has 1 N–H and O–H groups in total. The fourth-order valence-corrected chi connectivity index (χ4v) is 2.27. The minimum absolute atomic E-state index is 0.00259. The summed E-state index contributed by atoms with van der Waals surface area (Å²) in [4.78, 5) is 23.5. The maximum absolute atomic E-state index is 11.9. The molecule has 0 saturated carbocycles. The first-order valence-corrected chi connectivity index (χ1v) is 7.38. The highest BCUT2D eigenvalue weighted by atomic mass is 16.5. The lowest BCUT2D eigenvalue weighted by Crippen LogP contribution is -2.40. The molecule has 1 aliphatic rings. The van der Waals surface area contributed by atoms with Crippen molar-refractivity contribution < 1.29 is 14.3 Å². The lowest BCUT2D eigenvalue weighted by atomic mass is 10.1. The Morgan fingerprint density at radius 3 is 2.52 bits per heavy atom. The fraction of sp³-hybridized carbons (Fsp3) is 0.412. The van der Waals surface area contributed by atoms with E-state index in [2.05, 4.69) is 5.32 Å². The minimum atomic E-state index is -0.215. The number of amides is 1. The standard InChI is InChI=1S/C17H21NO3/c19-16-10-6-1-2-7-11-17(20)21-13-15(18-16)12-14-8-4-3-5-9-14/h1-5,8-9,15H,6-7,10-13H2,(H,18,19)/b2-1+/t15-/m1/s1. The minimum Gasteiger partial charge on any atom is -0.463 e. The van der Waals surface area contributed by atoms with Crippen molar-refractivity contribution in [2.24, 2.45) is 0 Å². The smallest absolute Gasteiger partial charge is 0.306 e. The number of carbonyl (C=O) groups is 2. The first-order valence-electron chi connectivity index (χ1n) is 7.38. The molecule has 0 bridgehead atoms. The van der Waals surface area contributed by atoms with Gasteiger partial charge in [0.25, 0.3) is 0 Å². The van der Waals surface area contributed by atoms with Crippen molar-refractivity contribution in [3.8, 4) is 0 Å². The number of rotatable bonds is 2. The Labute approximate surface area is 125 Å². The van der Waals surface area contributed by atoms with Crippen LogP contribution in [-0.2, 0) is 20.7 Å². The molecule has 1 aromatic rings. The van der Waals surface area contributed by atoms with Gasteiger partial charge in [0.15, 0.2) is 0 Å². The summed E-state index contributed by atoms with van der Waals surface area (Å²) >= 11 is 0. The molecule has 112 valence electrons. The summed E-state index contributed by atoms with van der Waals surface area (Å²) in [7, 11) is 0. The second kappa shape index (κ2) is 8.25. The second-order valence-electron chi connectivity index (χ2n) is 5.19. The monoisotopic (exact) mass is 287 g/mol. The van der Waals surface area contributed by atoms with E-state index in [1.54, 1.807) is 0 Å². The molecule has 0 unspecified atom stereocenters. The Morgan fingerprint density at radius 1 is 1.05 bits per heavy atom. The highest BCUT2D eigenvalue weighted by Gasteiger charge is 2.15. The molecule has 4 heteroatoms. The number of hydrogen-bond donors (Lipinski definition) is 1. The van der Waals surface area contributed by atoms with Crippen molar-refractivity contribution in [2.45, 2.75) is 38.1 Å². The summed E-state index contributed by atoms with van der Waals surface area (Å²) in [6.45, 7) is 0.225. The van der Waals surface area contributed by atoms with Gasteiger partial charge in [0.05, 0.1) is 6.04 Å². The van der Waals surface area contributed by atoms with E-state index in [1.165, 1.54) is 0 Å². The van der Waals surface area contributed by atoms with Gasteiger partial charge in [0.1, 0.15) is 6.61 Å². The lowest BCUT2D eigenvalue weighted by molar-refractivity contribution is -0.145. The summed E-state index contributed by atoms with van der Waals surface area (Å²) in [6, 6.07) is 9.72. The molecule has 1 heterocycles. The molecule has 21 heavy (non-hydrogen) atoms. The summed E-state index contributed by atoms with van der Waals surface area (Å²) in [5, 5.41) is 2.95. The Hall–Kier alpha value is -2.10. The van der Waals surface area contributed by atoms with Crippen molar-refractivity contribution in [1.29, 1.82) is 0 Å². The number of nitrogens with one attached hydrogen (secondary N) is 1. The molecule has 1 amide bonds. The topological polar surface area (TPSA) is 55.4 Å². The van der Waals surface area contributed by atoms with Gasteiger partial charge in [-0.15, -0.1) is 0 Å². The van der Waals surface area contributed by atoms with E-state index in [-0.39, 0.29) is 24.5 Å². The quantitative estimate of drug-likeness (QED) is 0.671. The van der Waals surface area contributed by atoms with Crippen molar-refractivity contribution in [2.75, 3.05) is 6.61 Å². The van der Waals surface area contributed by atoms with Crippen LogP contribution in [0.1, 0.15) is 31.2 Å². The summed E-state index contributed by atoms with van der Waals surface area (Å²) in [5.74, 6) is -0.218. The predicted molar refractivity (Wildman–Crippen MR) is 80.6 cm³/mol. The van der Waals surface area contributed by atoms with E-state index in [4.69, 9.17) is 4.74 Å². The van der Waals surface area contributed by atoms with Crippen molar-refractivity contribution in [3.05, 3.63) is 48.0 Å². The maximum atomic E-state index is 11.9. The molecule has 0 saturated heterocycles. The zero-order valence-electron chi connectivity index (χ0n) is 12.1. The lowest BCUT2D eigenvalue weighted by Gasteiger charge is -2.19. The Bertz CT molecular complexity index is 496. The molecular weight excluding hydrogens is 266 g/mol. The third kappa shape index (κ3) is 5.81. The van der Waals surface area contributed by atoms with Crippen LogP contribution in [0, 0.1) is 0 Å². The number of hydrogen-bond acceptors (Lipinski definition) is 3. The zero-order chi connectivity index (χ0) is 14.9. The predicted octanol–water partition coefficient (Wildman–Crippen LogP) is 2.39. The van der Waals surface area contributed by atoms with Crippen LogP contribution < -0.4 is 5.32 Å². The molecule has 2 rings (SSSR count). The van der Waals surface area contributed by atoms with Gasteiger partial charge in [0, 0.05) is 12.8 Å². The van der Waals surface area contributed by atoms with Gasteiger partial charge in [-0.05, 0) is 24.8 Å². The Morgan fingerprint density at radius 2 is 1.76 bits per heavy atom. The largest absolute Gasteiger partial charge is 0.463 e. The number of benzene rings is 1. The molecule has 1 atom stereocenters. The van der Waals surface area contributed by atoms with Crippen LogP contribution in [0.5, 0.6) is 0 Å². The SMILES string of the molecule is O=C1CC/C=C/CCC(=O)OC[C@@H](Cc2ccccc2)N1. The summed E-state index contributed by atoms with van der Waals surface area (Å²) in [6.07, 6.45) is 6.77. The fourth-order valence-electron chi connectivity index (χ4n) is 2.27. The van der Waals surface area contributed by atoms with Crippen LogP contribution in [-0.4, -0.2) is 24.5 Å². The highest BCUT2D eigenvalue weighted by Crippen LogP contribution is 2.07. The molecule has 0 aliphatic carbocycles. The van der Waals surface area contributed by atoms with E-state index in [1.807, 2.05) is 42.5 Å². The zero-order valence-corrected chi connectivity index (χ0v) is 12.1. The van der Waals surface area contributed by atoms with E-state index in [9.17, 15) is 9.59 Å². The van der Waals surface area contributed by atoms with Crippen LogP contribution in [0.25, 0.3) is 0 Å². The molecule has 0 aromatic heterocycles. The van der Waals surface area contributed by atoms with Gasteiger partial charge < -0.3 is 10.1 Å². The maximum Gasteiger partial charge on any atom is 0.306 e. The van der Waals surface area contributed by atoms with Gasteiger partial charge in [-0.1, -0.05) is 42.5 Å². The molecular formula is C17H21NO3. The molecule has 1 aromatic carbocycles. The van der Waals surface area contributed by atoms with Crippen molar-refractivity contribution >= 4 is 11.9 Å². The molecule has 0 spiro atoms. The van der Waals surface area contributed by atoms with Gasteiger partial charge in [-0.2, -0.15) is 0 Å². The van der Waals surface area contributed by atoms with Gasteiger partial charge in [-0.25, -0.2) is 0 Å². The summed E-state index contributed by atoms with van der Waals surface area (Å²) in [5.41, 5.74) is 1.12. The first kappa shape index (κ1) is 15.3. The number of allylic oxidation sites excluding steroid dienone is 2. The number of cyclic esters (lactones) is 1. The van der Waals surface area contributed by atoms with Crippen molar-refractivity contribution in [1.82, 2.24) is 5.32 Å². The van der Waals surface area contributed by atoms with E-state index >= 15 is 0 Å². The first-order chi connectivity index (χ1) is 10.2. The third-order valence-electron chi connectivity index (χ3n) is 3.36. The van der Waals surface area contributed by atoms with Crippen LogP contribution in [0.15, 0.2) is 42.5 Å². The third-order valence-corrected chi connectivity index (χ3v) is 3.36. The average Bonchev–Trinajstić information content (AvgIpc) is 2.48.